The Kier molecular flexibility index (Phi) is 3.23. The number of nitrogens with zero attached hydrogens (tertiary/aromatic N) is 2. The van der Waals surface area contributed by atoms with E-state index < -0.39 is 0 Å². The van der Waals surface area contributed by atoms with Gasteiger partial charge in [-0.1, -0.05) is 25.2 Å². The maximum atomic E-state index is 9.90. The Morgan fingerprint density at radius 1 is 1.18 bits per heavy atom. The Morgan fingerprint density at radius 2 is 1.94 bits per heavy atom. The van der Waals surface area contributed by atoms with Crippen molar-refractivity contribution in [1.29, 1.82) is 0 Å². The lowest BCUT2D eigenvalue weighted by molar-refractivity contribution is 0.435. The van der Waals surface area contributed by atoms with Crippen molar-refractivity contribution in [1.82, 2.24) is 10.2 Å². The maximum Gasteiger partial charge on any atom is 0.148 e. The zero-order chi connectivity index (χ0) is 12.3. The van der Waals surface area contributed by atoms with Gasteiger partial charge in [-0.05, 0) is 24.1 Å². The molecule has 0 saturated carbocycles. The van der Waals surface area contributed by atoms with Crippen molar-refractivity contribution in [3.63, 3.8) is 0 Å². The highest BCUT2D eigenvalue weighted by molar-refractivity contribution is 5.75. The molecule has 1 unspecified atom stereocenters. The number of hydrogen-bond acceptors (Lipinski definition) is 4. The van der Waals surface area contributed by atoms with E-state index >= 15 is 0 Å². The first-order valence-electron chi connectivity index (χ1n) is 5.52. The van der Waals surface area contributed by atoms with E-state index in [1.165, 1.54) is 0 Å². The zero-order valence-corrected chi connectivity index (χ0v) is 9.88. The van der Waals surface area contributed by atoms with Gasteiger partial charge >= 0.3 is 0 Å². The molecule has 1 heterocycles. The standard InChI is InChI=1S/C13H15N3O/c1-9-3-5-10(12(17)7-4-9)11-6-8-13(14-2)16-15-11/h3-9,17H,1-2H3,(H,14,16). The largest absolute Gasteiger partial charge is 0.507 e. The molecule has 0 saturated heterocycles. The fraction of sp³-hybridized carbons (Fsp3) is 0.231. The van der Waals surface area contributed by atoms with Gasteiger partial charge in [0.2, 0.25) is 0 Å². The highest BCUT2D eigenvalue weighted by Crippen LogP contribution is 2.22. The summed E-state index contributed by atoms with van der Waals surface area (Å²) >= 11 is 0. The average Bonchev–Trinajstić information content (AvgIpc) is 2.52. The number of anilines is 1. The van der Waals surface area contributed by atoms with Crippen LogP contribution in [0.5, 0.6) is 0 Å². The van der Waals surface area contributed by atoms with Gasteiger partial charge in [-0.25, -0.2) is 0 Å². The molecule has 0 radical (unpaired) electrons. The smallest absolute Gasteiger partial charge is 0.148 e. The van der Waals surface area contributed by atoms with E-state index in [-0.39, 0.29) is 5.76 Å². The lowest BCUT2D eigenvalue weighted by Crippen LogP contribution is -1.98. The number of nitrogens with one attached hydrogen (secondary N) is 1. The van der Waals surface area contributed by atoms with Crippen LogP contribution < -0.4 is 5.32 Å². The molecule has 17 heavy (non-hydrogen) atoms. The summed E-state index contributed by atoms with van der Waals surface area (Å²) in [5.41, 5.74) is 1.36. The number of aliphatic hydroxyl groups excluding tert-OH is 1. The summed E-state index contributed by atoms with van der Waals surface area (Å²) in [5.74, 6) is 1.23. The predicted molar refractivity (Wildman–Crippen MR) is 68.6 cm³/mol. The van der Waals surface area contributed by atoms with Crippen molar-refractivity contribution in [2.75, 3.05) is 12.4 Å². The third kappa shape index (κ3) is 2.53. The van der Waals surface area contributed by atoms with Crippen molar-refractivity contribution in [2.24, 2.45) is 5.92 Å². The summed E-state index contributed by atoms with van der Waals surface area (Å²) in [7, 11) is 1.79. The van der Waals surface area contributed by atoms with Gasteiger partial charge in [0, 0.05) is 12.6 Å². The van der Waals surface area contributed by atoms with Crippen molar-refractivity contribution in [3.05, 3.63) is 47.9 Å². The predicted octanol–water partition coefficient (Wildman–Crippen LogP) is 2.55. The maximum absolute atomic E-state index is 9.90. The molecule has 1 aliphatic carbocycles. The molecule has 4 nitrogen and oxygen atoms in total. The van der Waals surface area contributed by atoms with Gasteiger partial charge < -0.3 is 10.4 Å². The summed E-state index contributed by atoms with van der Waals surface area (Å²) in [6.07, 6.45) is 7.54. The molecular formula is C13H15N3O. The monoisotopic (exact) mass is 229 g/mol. The van der Waals surface area contributed by atoms with Crippen LogP contribution in [0.4, 0.5) is 5.82 Å². The van der Waals surface area contributed by atoms with Gasteiger partial charge in [-0.3, -0.25) is 0 Å². The summed E-state index contributed by atoms with van der Waals surface area (Å²) in [6.45, 7) is 2.05. The Morgan fingerprint density at radius 3 is 2.59 bits per heavy atom. The minimum Gasteiger partial charge on any atom is -0.507 e. The van der Waals surface area contributed by atoms with Gasteiger partial charge in [0.1, 0.15) is 11.6 Å². The summed E-state index contributed by atoms with van der Waals surface area (Å²) in [5, 5.41) is 20.9. The minimum atomic E-state index is 0.220. The second-order valence-electron chi connectivity index (χ2n) is 3.93. The average molecular weight is 229 g/mol. The first-order chi connectivity index (χ1) is 8.20. The Hall–Kier alpha value is -2.10. The van der Waals surface area contributed by atoms with Crippen LogP contribution in [0.2, 0.25) is 0 Å². The quantitative estimate of drug-likeness (QED) is 0.818. The van der Waals surface area contributed by atoms with Crippen LogP contribution in [-0.2, 0) is 0 Å². The van der Waals surface area contributed by atoms with E-state index in [0.29, 0.717) is 23.0 Å². The second-order valence-corrected chi connectivity index (χ2v) is 3.93. The summed E-state index contributed by atoms with van der Waals surface area (Å²) in [4.78, 5) is 0. The normalized spacial score (nSPS) is 19.3. The van der Waals surface area contributed by atoms with Crippen molar-refractivity contribution in [2.45, 2.75) is 6.92 Å². The van der Waals surface area contributed by atoms with Crippen LogP contribution in [0.1, 0.15) is 12.6 Å². The number of hydrogen-bond donors (Lipinski definition) is 2. The number of aliphatic hydroxyl groups is 1. The van der Waals surface area contributed by atoms with Crippen molar-refractivity contribution >= 4 is 11.4 Å². The molecule has 0 bridgehead atoms. The number of aromatic nitrogens is 2. The lowest BCUT2D eigenvalue weighted by atomic mass is 10.1. The molecule has 1 aromatic heterocycles. The molecule has 0 fully saturated rings. The number of rotatable bonds is 2. The lowest BCUT2D eigenvalue weighted by Gasteiger charge is -2.03. The van der Waals surface area contributed by atoms with Crippen LogP contribution in [0.25, 0.3) is 5.57 Å². The topological polar surface area (TPSA) is 58.0 Å². The first-order valence-corrected chi connectivity index (χ1v) is 5.52. The van der Waals surface area contributed by atoms with E-state index in [4.69, 9.17) is 0 Å². The molecule has 0 amide bonds. The molecule has 1 aromatic rings. The third-order valence-corrected chi connectivity index (χ3v) is 2.60. The molecule has 2 rings (SSSR count). The van der Waals surface area contributed by atoms with Crippen LogP contribution >= 0.6 is 0 Å². The van der Waals surface area contributed by atoms with E-state index in [2.05, 4.69) is 22.4 Å². The first kappa shape index (κ1) is 11.4. The van der Waals surface area contributed by atoms with E-state index in [1.54, 1.807) is 13.1 Å². The molecule has 2 N–H and O–H groups in total. The van der Waals surface area contributed by atoms with Gasteiger partial charge in [0.15, 0.2) is 0 Å². The Labute approximate surface area is 100 Å². The van der Waals surface area contributed by atoms with Crippen LogP contribution in [-0.4, -0.2) is 22.4 Å². The van der Waals surface area contributed by atoms with Crippen LogP contribution in [0.15, 0.2) is 42.2 Å². The van der Waals surface area contributed by atoms with Gasteiger partial charge in [-0.2, -0.15) is 0 Å². The molecule has 0 spiro atoms. The highest BCUT2D eigenvalue weighted by Gasteiger charge is 2.09. The van der Waals surface area contributed by atoms with Crippen LogP contribution in [0.3, 0.4) is 0 Å². The summed E-state index contributed by atoms with van der Waals surface area (Å²) < 4.78 is 0. The fourth-order valence-corrected chi connectivity index (χ4v) is 1.56. The molecule has 1 aliphatic rings. The van der Waals surface area contributed by atoms with Crippen LogP contribution in [0, 0.1) is 5.92 Å². The van der Waals surface area contributed by atoms with E-state index in [9.17, 15) is 5.11 Å². The summed E-state index contributed by atoms with van der Waals surface area (Å²) in [6, 6.07) is 3.66. The van der Waals surface area contributed by atoms with Gasteiger partial charge in [-0.15, -0.1) is 10.2 Å². The number of allylic oxidation sites excluding steroid dienone is 5. The van der Waals surface area contributed by atoms with Gasteiger partial charge in [0.25, 0.3) is 0 Å². The van der Waals surface area contributed by atoms with Crippen molar-refractivity contribution < 1.29 is 5.11 Å². The zero-order valence-electron chi connectivity index (χ0n) is 9.88. The highest BCUT2D eigenvalue weighted by atomic mass is 16.3. The van der Waals surface area contributed by atoms with E-state index in [0.717, 1.165) is 0 Å². The minimum absolute atomic E-state index is 0.220. The van der Waals surface area contributed by atoms with E-state index in [1.807, 2.05) is 30.4 Å². The molecule has 0 aromatic carbocycles. The molecule has 88 valence electrons. The van der Waals surface area contributed by atoms with Crippen molar-refractivity contribution in [3.8, 4) is 0 Å². The molecular weight excluding hydrogens is 214 g/mol. The molecule has 4 heteroatoms. The molecule has 0 aliphatic heterocycles. The fourth-order valence-electron chi connectivity index (χ4n) is 1.56. The van der Waals surface area contributed by atoms with Gasteiger partial charge in [0.05, 0.1) is 5.69 Å². The Balaban J connectivity index is 2.38. The SMILES string of the molecule is CNc1ccc(C2=C(O)C=CC(C)C=C2)nn1. The molecule has 1 atom stereocenters. The second kappa shape index (κ2) is 4.82. The third-order valence-electron chi connectivity index (χ3n) is 2.60. The Bertz CT molecular complexity index is 486.